The molecule has 17 heavy (non-hydrogen) atoms. The van der Waals surface area contributed by atoms with Crippen LogP contribution in [0, 0.1) is 0 Å². The summed E-state index contributed by atoms with van der Waals surface area (Å²) in [6.45, 7) is 1.62. The first-order chi connectivity index (χ1) is 8.28. The SMILES string of the molecule is COc1nc(Cl)nc(NCCC2CCCO2)n1. The molecule has 0 aliphatic carbocycles. The van der Waals surface area contributed by atoms with Crippen LogP contribution in [-0.4, -0.2) is 41.3 Å². The number of nitrogens with one attached hydrogen (secondary N) is 1. The van der Waals surface area contributed by atoms with Crippen molar-refractivity contribution in [2.45, 2.75) is 25.4 Å². The topological polar surface area (TPSA) is 69.2 Å². The molecule has 1 N–H and O–H groups in total. The van der Waals surface area contributed by atoms with Crippen molar-refractivity contribution in [2.24, 2.45) is 0 Å². The quantitative estimate of drug-likeness (QED) is 0.864. The van der Waals surface area contributed by atoms with Gasteiger partial charge < -0.3 is 14.8 Å². The molecular weight excluding hydrogens is 244 g/mol. The van der Waals surface area contributed by atoms with E-state index in [1.165, 1.54) is 7.11 Å². The molecule has 0 bridgehead atoms. The summed E-state index contributed by atoms with van der Waals surface area (Å²) in [5.41, 5.74) is 0. The Labute approximate surface area is 105 Å². The molecule has 1 aromatic rings. The number of hydrogen-bond donors (Lipinski definition) is 1. The van der Waals surface area contributed by atoms with Crippen molar-refractivity contribution >= 4 is 17.5 Å². The van der Waals surface area contributed by atoms with Gasteiger partial charge in [-0.3, -0.25) is 0 Å². The number of nitrogens with zero attached hydrogens (tertiary/aromatic N) is 3. The molecule has 2 rings (SSSR count). The van der Waals surface area contributed by atoms with E-state index in [9.17, 15) is 0 Å². The fourth-order valence-electron chi connectivity index (χ4n) is 1.72. The Balaban J connectivity index is 1.83. The molecule has 1 saturated heterocycles. The van der Waals surface area contributed by atoms with Crippen LogP contribution in [0.4, 0.5) is 5.95 Å². The van der Waals surface area contributed by atoms with Crippen LogP contribution in [0.3, 0.4) is 0 Å². The van der Waals surface area contributed by atoms with Crippen molar-refractivity contribution in [3.8, 4) is 6.01 Å². The van der Waals surface area contributed by atoms with Crippen molar-refractivity contribution in [1.82, 2.24) is 15.0 Å². The van der Waals surface area contributed by atoms with Crippen LogP contribution in [0.15, 0.2) is 0 Å². The molecule has 7 heteroatoms. The van der Waals surface area contributed by atoms with E-state index >= 15 is 0 Å². The number of anilines is 1. The van der Waals surface area contributed by atoms with Crippen molar-refractivity contribution in [3.63, 3.8) is 0 Å². The number of hydrogen-bond acceptors (Lipinski definition) is 6. The minimum Gasteiger partial charge on any atom is -0.467 e. The van der Waals surface area contributed by atoms with Gasteiger partial charge in [-0.15, -0.1) is 0 Å². The zero-order valence-electron chi connectivity index (χ0n) is 9.65. The maximum absolute atomic E-state index is 5.73. The van der Waals surface area contributed by atoms with Crippen LogP contribution in [0.1, 0.15) is 19.3 Å². The molecule has 0 amide bonds. The Morgan fingerprint density at radius 1 is 1.47 bits per heavy atom. The molecule has 0 saturated carbocycles. The van der Waals surface area contributed by atoms with E-state index in [1.807, 2.05) is 0 Å². The standard InChI is InChI=1S/C10H15ClN4O2/c1-16-10-14-8(11)13-9(15-10)12-5-4-7-3-2-6-17-7/h7H,2-6H2,1H3,(H,12,13,14,15). The molecular formula is C10H15ClN4O2. The summed E-state index contributed by atoms with van der Waals surface area (Å²) in [7, 11) is 1.49. The Morgan fingerprint density at radius 2 is 2.35 bits per heavy atom. The molecule has 1 fully saturated rings. The lowest BCUT2D eigenvalue weighted by Crippen LogP contribution is -2.14. The highest BCUT2D eigenvalue weighted by Crippen LogP contribution is 2.15. The van der Waals surface area contributed by atoms with Gasteiger partial charge in [-0.05, 0) is 30.9 Å². The van der Waals surface area contributed by atoms with Gasteiger partial charge in [0, 0.05) is 13.2 Å². The van der Waals surface area contributed by atoms with Crippen LogP contribution >= 0.6 is 11.6 Å². The van der Waals surface area contributed by atoms with Gasteiger partial charge in [-0.1, -0.05) is 0 Å². The highest BCUT2D eigenvalue weighted by atomic mass is 35.5. The fraction of sp³-hybridized carbons (Fsp3) is 0.700. The summed E-state index contributed by atoms with van der Waals surface area (Å²) in [5, 5.41) is 3.20. The third kappa shape index (κ3) is 3.67. The zero-order chi connectivity index (χ0) is 12.1. The summed E-state index contributed by atoms with van der Waals surface area (Å²) < 4.78 is 10.4. The second-order valence-corrected chi connectivity index (χ2v) is 4.10. The van der Waals surface area contributed by atoms with E-state index in [2.05, 4.69) is 20.3 Å². The number of rotatable bonds is 5. The third-order valence-corrected chi connectivity index (χ3v) is 2.71. The Morgan fingerprint density at radius 3 is 3.06 bits per heavy atom. The van der Waals surface area contributed by atoms with Crippen molar-refractivity contribution in [3.05, 3.63) is 5.28 Å². The molecule has 2 heterocycles. The molecule has 0 radical (unpaired) electrons. The summed E-state index contributed by atoms with van der Waals surface area (Å²) in [6, 6.07) is 0.213. The van der Waals surface area contributed by atoms with Gasteiger partial charge in [0.25, 0.3) is 0 Å². The van der Waals surface area contributed by atoms with Crippen LogP contribution in [0.25, 0.3) is 0 Å². The Bertz CT molecular complexity index is 371. The molecule has 0 aromatic carbocycles. The number of aromatic nitrogens is 3. The molecule has 1 aliphatic heterocycles. The maximum Gasteiger partial charge on any atom is 0.322 e. The van der Waals surface area contributed by atoms with E-state index in [1.54, 1.807) is 0 Å². The molecule has 6 nitrogen and oxygen atoms in total. The summed E-state index contributed by atoms with van der Waals surface area (Å²) in [6.07, 6.45) is 3.56. The minimum atomic E-state index is 0.122. The molecule has 94 valence electrons. The van der Waals surface area contributed by atoms with Crippen molar-refractivity contribution in [2.75, 3.05) is 25.6 Å². The van der Waals surface area contributed by atoms with E-state index in [0.717, 1.165) is 32.4 Å². The Kier molecular flexibility index (Phi) is 4.33. The lowest BCUT2D eigenvalue weighted by Gasteiger charge is -2.10. The molecule has 1 aliphatic rings. The number of methoxy groups -OCH3 is 1. The van der Waals surface area contributed by atoms with Gasteiger partial charge in [0.05, 0.1) is 13.2 Å². The first kappa shape index (κ1) is 12.3. The third-order valence-electron chi connectivity index (χ3n) is 2.54. The molecule has 0 spiro atoms. The van der Waals surface area contributed by atoms with Crippen molar-refractivity contribution < 1.29 is 9.47 Å². The summed E-state index contributed by atoms with van der Waals surface area (Å²) in [4.78, 5) is 11.8. The lowest BCUT2D eigenvalue weighted by atomic mass is 10.2. The lowest BCUT2D eigenvalue weighted by molar-refractivity contribution is 0.107. The zero-order valence-corrected chi connectivity index (χ0v) is 10.4. The normalized spacial score (nSPS) is 19.3. The average Bonchev–Trinajstić information content (AvgIpc) is 2.81. The van der Waals surface area contributed by atoms with Gasteiger partial charge in [0.2, 0.25) is 11.2 Å². The van der Waals surface area contributed by atoms with Gasteiger partial charge in [0.1, 0.15) is 0 Å². The van der Waals surface area contributed by atoms with Gasteiger partial charge in [-0.25, -0.2) is 0 Å². The molecule has 1 aromatic heterocycles. The van der Waals surface area contributed by atoms with Crippen molar-refractivity contribution in [1.29, 1.82) is 0 Å². The summed E-state index contributed by atoms with van der Waals surface area (Å²) >= 11 is 5.73. The number of ether oxygens (including phenoxy) is 2. The predicted octanol–water partition coefficient (Wildman–Crippen LogP) is 1.51. The second-order valence-electron chi connectivity index (χ2n) is 3.77. The monoisotopic (exact) mass is 258 g/mol. The first-order valence-corrected chi connectivity index (χ1v) is 5.97. The Hall–Kier alpha value is -1.14. The smallest absolute Gasteiger partial charge is 0.322 e. The first-order valence-electron chi connectivity index (χ1n) is 5.59. The highest BCUT2D eigenvalue weighted by molar-refractivity contribution is 6.28. The molecule has 1 atom stereocenters. The van der Waals surface area contributed by atoms with Gasteiger partial charge >= 0.3 is 6.01 Å². The van der Waals surface area contributed by atoms with Gasteiger partial charge in [-0.2, -0.15) is 15.0 Å². The van der Waals surface area contributed by atoms with Crippen LogP contribution < -0.4 is 10.1 Å². The second kappa shape index (κ2) is 5.97. The number of halogens is 1. The summed E-state index contributed by atoms with van der Waals surface area (Å²) in [5.74, 6) is 0.430. The van der Waals surface area contributed by atoms with Crippen LogP contribution in [0.5, 0.6) is 6.01 Å². The fourth-order valence-corrected chi connectivity index (χ4v) is 1.87. The van der Waals surface area contributed by atoms with Gasteiger partial charge in [0.15, 0.2) is 0 Å². The predicted molar refractivity (Wildman–Crippen MR) is 63.5 cm³/mol. The highest BCUT2D eigenvalue weighted by Gasteiger charge is 2.15. The average molecular weight is 259 g/mol. The van der Waals surface area contributed by atoms with E-state index in [-0.39, 0.29) is 11.3 Å². The van der Waals surface area contributed by atoms with Crippen LogP contribution in [-0.2, 0) is 4.74 Å². The van der Waals surface area contributed by atoms with E-state index in [4.69, 9.17) is 21.1 Å². The minimum absolute atomic E-state index is 0.122. The van der Waals surface area contributed by atoms with Crippen LogP contribution in [0.2, 0.25) is 5.28 Å². The molecule has 1 unspecified atom stereocenters. The van der Waals surface area contributed by atoms with E-state index in [0.29, 0.717) is 12.1 Å². The van der Waals surface area contributed by atoms with E-state index < -0.39 is 0 Å². The maximum atomic E-state index is 5.73. The largest absolute Gasteiger partial charge is 0.467 e.